The van der Waals surface area contributed by atoms with Crippen LogP contribution >= 0.6 is 0 Å². The number of rotatable bonds is 8. The Kier molecular flexibility index (Phi) is 5.02. The summed E-state index contributed by atoms with van der Waals surface area (Å²) >= 11 is 0. The largest absolute Gasteiger partial charge is 0.331 e. The SMILES string of the molecule is CN(CS(=O)(=O)CS(=O)(=O)CN(C)C(=O)C1(C)CC1)C(=O)C1(C)CC1. The molecule has 0 aromatic carbocycles. The van der Waals surface area contributed by atoms with E-state index in [0.717, 1.165) is 9.80 Å². The van der Waals surface area contributed by atoms with E-state index in [9.17, 15) is 26.4 Å². The van der Waals surface area contributed by atoms with Crippen molar-refractivity contribution in [3.8, 4) is 0 Å². The molecule has 2 saturated carbocycles. The maximum Gasteiger partial charge on any atom is 0.229 e. The van der Waals surface area contributed by atoms with Gasteiger partial charge in [-0.05, 0) is 25.7 Å². The third-order valence-electron chi connectivity index (χ3n) is 4.87. The Morgan fingerprint density at radius 3 is 1.28 bits per heavy atom. The molecule has 2 rings (SSSR count). The van der Waals surface area contributed by atoms with Gasteiger partial charge in [-0.15, -0.1) is 0 Å². The van der Waals surface area contributed by atoms with Crippen LogP contribution in [0.3, 0.4) is 0 Å². The van der Waals surface area contributed by atoms with E-state index in [1.807, 2.05) is 0 Å². The van der Waals surface area contributed by atoms with Crippen molar-refractivity contribution >= 4 is 31.5 Å². The lowest BCUT2D eigenvalue weighted by atomic mass is 10.1. The van der Waals surface area contributed by atoms with Gasteiger partial charge in [-0.3, -0.25) is 9.59 Å². The van der Waals surface area contributed by atoms with Crippen LogP contribution < -0.4 is 0 Å². The molecule has 2 amide bonds. The van der Waals surface area contributed by atoms with E-state index in [0.29, 0.717) is 25.7 Å². The van der Waals surface area contributed by atoms with E-state index in [1.54, 1.807) is 13.8 Å². The van der Waals surface area contributed by atoms with Crippen LogP contribution in [0.1, 0.15) is 39.5 Å². The topological polar surface area (TPSA) is 109 Å². The molecule has 0 atom stereocenters. The van der Waals surface area contributed by atoms with Gasteiger partial charge < -0.3 is 9.80 Å². The van der Waals surface area contributed by atoms with Crippen LogP contribution in [0.2, 0.25) is 0 Å². The van der Waals surface area contributed by atoms with Gasteiger partial charge in [-0.1, -0.05) is 13.8 Å². The molecule has 0 aliphatic heterocycles. The van der Waals surface area contributed by atoms with Crippen molar-refractivity contribution in [2.75, 3.05) is 30.9 Å². The lowest BCUT2D eigenvalue weighted by molar-refractivity contribution is -0.134. The van der Waals surface area contributed by atoms with Gasteiger partial charge in [0.05, 0.1) is 0 Å². The van der Waals surface area contributed by atoms with E-state index in [1.165, 1.54) is 14.1 Å². The lowest BCUT2D eigenvalue weighted by Crippen LogP contribution is -2.41. The fraction of sp³-hybridized carbons (Fsp3) is 0.867. The van der Waals surface area contributed by atoms with Crippen molar-refractivity contribution in [1.82, 2.24) is 9.80 Å². The Hall–Kier alpha value is -1.16. The Labute approximate surface area is 149 Å². The highest BCUT2D eigenvalue weighted by Gasteiger charge is 2.48. The van der Waals surface area contributed by atoms with Crippen LogP contribution in [0, 0.1) is 10.8 Å². The summed E-state index contributed by atoms with van der Waals surface area (Å²) in [5.41, 5.74) is -1.04. The summed E-state index contributed by atoms with van der Waals surface area (Å²) < 4.78 is 48.8. The molecule has 144 valence electrons. The molecule has 8 nitrogen and oxygen atoms in total. The second kappa shape index (κ2) is 6.22. The molecular formula is C15H26N2O6S2. The van der Waals surface area contributed by atoms with Crippen molar-refractivity contribution in [1.29, 1.82) is 0 Å². The molecule has 0 radical (unpaired) electrons. The number of nitrogens with zero attached hydrogens (tertiary/aromatic N) is 2. The normalized spacial score (nSPS) is 20.6. The fourth-order valence-corrected chi connectivity index (χ4v) is 6.98. The molecule has 0 heterocycles. The number of sulfone groups is 2. The van der Waals surface area contributed by atoms with Gasteiger partial charge >= 0.3 is 0 Å². The Balaban J connectivity index is 1.95. The minimum absolute atomic E-state index is 0.289. The first kappa shape index (κ1) is 20.2. The van der Waals surface area contributed by atoms with Gasteiger partial charge in [0.2, 0.25) is 11.8 Å². The lowest BCUT2D eigenvalue weighted by Gasteiger charge is -2.22. The molecule has 2 aliphatic carbocycles. The summed E-state index contributed by atoms with van der Waals surface area (Å²) in [5.74, 6) is -1.86. The maximum absolute atomic E-state index is 12.2. The van der Waals surface area contributed by atoms with Crippen molar-refractivity contribution in [2.45, 2.75) is 39.5 Å². The van der Waals surface area contributed by atoms with Crippen LogP contribution in [0.15, 0.2) is 0 Å². The second-order valence-electron chi connectivity index (χ2n) is 7.99. The smallest absolute Gasteiger partial charge is 0.229 e. The summed E-state index contributed by atoms with van der Waals surface area (Å²) in [5, 5.41) is -1.08. The molecule has 0 N–H and O–H groups in total. The highest BCUT2D eigenvalue weighted by molar-refractivity contribution is 8.07. The number of hydrogen-bond donors (Lipinski definition) is 0. The van der Waals surface area contributed by atoms with E-state index in [2.05, 4.69) is 0 Å². The number of hydrogen-bond acceptors (Lipinski definition) is 6. The molecule has 25 heavy (non-hydrogen) atoms. The summed E-state index contributed by atoms with van der Waals surface area (Å²) in [7, 11) is -5.33. The minimum atomic E-state index is -4.03. The number of amides is 2. The van der Waals surface area contributed by atoms with Crippen LogP contribution in [0.4, 0.5) is 0 Å². The van der Waals surface area contributed by atoms with Crippen LogP contribution in [0.5, 0.6) is 0 Å². The Morgan fingerprint density at radius 2 is 1.04 bits per heavy atom. The molecule has 2 fully saturated rings. The minimum Gasteiger partial charge on any atom is -0.331 e. The average Bonchev–Trinajstić information content (AvgIpc) is 3.35. The van der Waals surface area contributed by atoms with E-state index < -0.39 is 47.3 Å². The van der Waals surface area contributed by atoms with E-state index >= 15 is 0 Å². The molecule has 0 unspecified atom stereocenters. The Morgan fingerprint density at radius 1 is 0.760 bits per heavy atom. The third-order valence-corrected chi connectivity index (χ3v) is 9.30. The average molecular weight is 395 g/mol. The standard InChI is InChI=1S/C15H26N2O6S2/c1-14(5-6-14)12(18)16(3)9-24(20,21)11-25(22,23)10-17(4)13(19)15(2)7-8-15/h5-11H2,1-4H3. The predicted octanol–water partition coefficient (Wildman–Crippen LogP) is 0.206. The Bertz CT molecular complexity index is 713. The molecule has 0 saturated heterocycles. The number of carbonyl (C=O) groups is 2. The molecule has 0 spiro atoms. The van der Waals surface area contributed by atoms with E-state index in [4.69, 9.17) is 0 Å². The molecule has 0 aromatic heterocycles. The maximum atomic E-state index is 12.2. The van der Waals surface area contributed by atoms with Gasteiger partial charge in [0.15, 0.2) is 24.8 Å². The van der Waals surface area contributed by atoms with Gasteiger partial charge in [-0.2, -0.15) is 0 Å². The van der Waals surface area contributed by atoms with Gasteiger partial charge in [0, 0.05) is 24.9 Å². The first-order valence-electron chi connectivity index (χ1n) is 8.12. The zero-order chi connectivity index (χ0) is 19.3. The van der Waals surface area contributed by atoms with Crippen LogP contribution in [-0.2, 0) is 29.3 Å². The van der Waals surface area contributed by atoms with Crippen molar-refractivity contribution in [3.63, 3.8) is 0 Å². The van der Waals surface area contributed by atoms with Crippen molar-refractivity contribution in [2.24, 2.45) is 10.8 Å². The third kappa shape index (κ3) is 4.93. The quantitative estimate of drug-likeness (QED) is 0.582. The highest BCUT2D eigenvalue weighted by Crippen LogP contribution is 2.47. The zero-order valence-corrected chi connectivity index (χ0v) is 16.7. The summed E-state index contributed by atoms with van der Waals surface area (Å²) in [6.07, 6.45) is 2.83. The zero-order valence-electron chi connectivity index (χ0n) is 15.1. The van der Waals surface area contributed by atoms with Crippen molar-refractivity contribution < 1.29 is 26.4 Å². The monoisotopic (exact) mass is 394 g/mol. The number of carbonyl (C=O) groups excluding carboxylic acids is 2. The van der Waals surface area contributed by atoms with Crippen LogP contribution in [-0.4, -0.2) is 69.4 Å². The van der Waals surface area contributed by atoms with Gasteiger partial charge in [0.25, 0.3) is 0 Å². The first-order valence-corrected chi connectivity index (χ1v) is 11.8. The molecule has 0 bridgehead atoms. The second-order valence-corrected chi connectivity index (χ2v) is 12.4. The summed E-state index contributed by atoms with van der Waals surface area (Å²) in [4.78, 5) is 26.4. The first-order chi connectivity index (χ1) is 11.2. The van der Waals surface area contributed by atoms with Crippen LogP contribution in [0.25, 0.3) is 0 Å². The predicted molar refractivity (Wildman–Crippen MR) is 92.7 cm³/mol. The summed E-state index contributed by atoms with van der Waals surface area (Å²) in [6.45, 7) is 3.52. The van der Waals surface area contributed by atoms with Crippen molar-refractivity contribution in [3.05, 3.63) is 0 Å². The molecule has 2 aliphatic rings. The summed E-state index contributed by atoms with van der Waals surface area (Å²) in [6, 6.07) is 0. The molecule has 0 aromatic rings. The van der Waals surface area contributed by atoms with Gasteiger partial charge in [0.1, 0.15) is 11.8 Å². The fourth-order valence-electron chi connectivity index (χ4n) is 2.78. The highest BCUT2D eigenvalue weighted by atomic mass is 32.3. The molecule has 10 heteroatoms. The molecular weight excluding hydrogens is 368 g/mol. The van der Waals surface area contributed by atoms with E-state index in [-0.39, 0.29) is 11.8 Å². The van der Waals surface area contributed by atoms with Gasteiger partial charge in [-0.25, -0.2) is 16.8 Å².